The molecule has 0 aliphatic heterocycles. The van der Waals surface area contributed by atoms with E-state index in [0.29, 0.717) is 11.5 Å². The number of H-pyrrole nitrogens is 1. The molecular formula is C9H12N2O3. The first-order valence-corrected chi connectivity index (χ1v) is 4.28. The van der Waals surface area contributed by atoms with Gasteiger partial charge in [-0.3, -0.25) is 9.59 Å². The molecule has 0 amide bonds. The molecular weight excluding hydrogens is 184 g/mol. The number of aliphatic carboxylic acids is 1. The highest BCUT2D eigenvalue weighted by Crippen LogP contribution is 2.14. The highest BCUT2D eigenvalue weighted by molar-refractivity contribution is 5.67. The molecule has 0 spiro atoms. The topological polar surface area (TPSA) is 83.0 Å². The first-order valence-electron chi connectivity index (χ1n) is 4.28. The summed E-state index contributed by atoms with van der Waals surface area (Å²) in [4.78, 5) is 28.1. The molecule has 76 valence electrons. The maximum Gasteiger partial charge on any atom is 0.304 e. The zero-order chi connectivity index (χ0) is 10.7. The molecule has 1 aromatic heterocycles. The zero-order valence-electron chi connectivity index (χ0n) is 8.07. The fourth-order valence-corrected chi connectivity index (χ4v) is 1.22. The van der Waals surface area contributed by atoms with Gasteiger partial charge in [-0.2, -0.15) is 0 Å². The summed E-state index contributed by atoms with van der Waals surface area (Å²) in [7, 11) is 0. The van der Waals surface area contributed by atoms with E-state index in [0.717, 1.165) is 0 Å². The van der Waals surface area contributed by atoms with E-state index in [-0.39, 0.29) is 17.9 Å². The van der Waals surface area contributed by atoms with E-state index in [1.165, 1.54) is 6.07 Å². The maximum atomic E-state index is 11.1. The second-order valence-electron chi connectivity index (χ2n) is 3.25. The molecule has 5 nitrogen and oxygen atoms in total. The summed E-state index contributed by atoms with van der Waals surface area (Å²) in [6.45, 7) is 3.40. The number of aromatic amines is 1. The van der Waals surface area contributed by atoms with Gasteiger partial charge in [-0.1, -0.05) is 6.92 Å². The van der Waals surface area contributed by atoms with Crippen molar-refractivity contribution in [3.63, 3.8) is 0 Å². The van der Waals surface area contributed by atoms with Crippen LogP contribution in [0.4, 0.5) is 0 Å². The average molecular weight is 196 g/mol. The van der Waals surface area contributed by atoms with Crippen LogP contribution in [0.3, 0.4) is 0 Å². The van der Waals surface area contributed by atoms with Crippen molar-refractivity contribution in [1.82, 2.24) is 9.97 Å². The van der Waals surface area contributed by atoms with Crippen LogP contribution in [0.5, 0.6) is 0 Å². The fourth-order valence-electron chi connectivity index (χ4n) is 1.22. The van der Waals surface area contributed by atoms with Gasteiger partial charge in [0.05, 0.1) is 12.1 Å². The number of aromatic nitrogens is 2. The van der Waals surface area contributed by atoms with E-state index in [1.807, 2.05) is 0 Å². The molecule has 0 bridgehead atoms. The average Bonchev–Trinajstić information content (AvgIpc) is 2.00. The lowest BCUT2D eigenvalue weighted by molar-refractivity contribution is -0.137. The Morgan fingerprint density at radius 1 is 1.71 bits per heavy atom. The predicted molar refractivity (Wildman–Crippen MR) is 50.3 cm³/mol. The number of carboxylic acids is 1. The van der Waals surface area contributed by atoms with Crippen molar-refractivity contribution in [3.05, 3.63) is 27.9 Å². The van der Waals surface area contributed by atoms with Crippen LogP contribution >= 0.6 is 0 Å². The van der Waals surface area contributed by atoms with E-state index >= 15 is 0 Å². The molecule has 0 saturated heterocycles. The van der Waals surface area contributed by atoms with Gasteiger partial charge in [0.15, 0.2) is 0 Å². The molecule has 1 rings (SSSR count). The third-order valence-corrected chi connectivity index (χ3v) is 1.87. The minimum absolute atomic E-state index is 0.0180. The van der Waals surface area contributed by atoms with Gasteiger partial charge < -0.3 is 10.1 Å². The molecule has 0 fully saturated rings. The Hall–Kier alpha value is -1.65. The summed E-state index contributed by atoms with van der Waals surface area (Å²) in [6, 6.07) is 1.33. The Kier molecular flexibility index (Phi) is 3.01. The lowest BCUT2D eigenvalue weighted by atomic mass is 10.0. The lowest BCUT2D eigenvalue weighted by Gasteiger charge is -2.07. The molecule has 0 aromatic carbocycles. The summed E-state index contributed by atoms with van der Waals surface area (Å²) in [6.07, 6.45) is -0.0180. The normalized spacial score (nSPS) is 12.4. The summed E-state index contributed by atoms with van der Waals surface area (Å²) >= 11 is 0. The molecule has 0 saturated carbocycles. The van der Waals surface area contributed by atoms with Crippen LogP contribution in [0.15, 0.2) is 10.9 Å². The van der Waals surface area contributed by atoms with Gasteiger partial charge >= 0.3 is 5.97 Å². The second-order valence-corrected chi connectivity index (χ2v) is 3.25. The number of nitrogens with zero attached hydrogens (tertiary/aromatic N) is 1. The number of nitrogens with one attached hydrogen (secondary N) is 1. The van der Waals surface area contributed by atoms with Gasteiger partial charge in [-0.25, -0.2) is 4.98 Å². The minimum Gasteiger partial charge on any atom is -0.481 e. The van der Waals surface area contributed by atoms with Gasteiger partial charge in [0.2, 0.25) is 0 Å². The molecule has 0 aliphatic carbocycles. The van der Waals surface area contributed by atoms with Crippen molar-refractivity contribution in [3.8, 4) is 0 Å². The van der Waals surface area contributed by atoms with Crippen LogP contribution in [-0.2, 0) is 4.79 Å². The third kappa shape index (κ3) is 2.69. The van der Waals surface area contributed by atoms with Crippen LogP contribution in [0.1, 0.15) is 30.8 Å². The van der Waals surface area contributed by atoms with Crippen LogP contribution in [0, 0.1) is 6.92 Å². The van der Waals surface area contributed by atoms with E-state index in [4.69, 9.17) is 5.11 Å². The summed E-state index contributed by atoms with van der Waals surface area (Å²) in [5, 5.41) is 8.57. The molecule has 1 aromatic rings. The smallest absolute Gasteiger partial charge is 0.304 e. The molecule has 1 unspecified atom stereocenters. The highest BCUT2D eigenvalue weighted by Gasteiger charge is 2.12. The van der Waals surface area contributed by atoms with Crippen LogP contribution in [-0.4, -0.2) is 21.0 Å². The van der Waals surface area contributed by atoms with Crippen molar-refractivity contribution in [1.29, 1.82) is 0 Å². The zero-order valence-corrected chi connectivity index (χ0v) is 8.07. The van der Waals surface area contributed by atoms with Crippen molar-refractivity contribution in [2.24, 2.45) is 0 Å². The Bertz CT molecular complexity index is 397. The van der Waals surface area contributed by atoms with Crippen molar-refractivity contribution >= 4 is 5.97 Å². The van der Waals surface area contributed by atoms with E-state index < -0.39 is 5.97 Å². The molecule has 5 heteroatoms. The summed E-state index contributed by atoms with van der Waals surface area (Å²) < 4.78 is 0. The van der Waals surface area contributed by atoms with Gasteiger partial charge in [-0.15, -0.1) is 0 Å². The first kappa shape index (κ1) is 10.4. The van der Waals surface area contributed by atoms with E-state index in [1.54, 1.807) is 13.8 Å². The Morgan fingerprint density at radius 2 is 2.36 bits per heavy atom. The summed E-state index contributed by atoms with van der Waals surface area (Å²) in [5.41, 5.74) is 0.276. The van der Waals surface area contributed by atoms with Crippen LogP contribution < -0.4 is 5.56 Å². The van der Waals surface area contributed by atoms with Crippen molar-refractivity contribution in [2.75, 3.05) is 0 Å². The number of hydrogen-bond acceptors (Lipinski definition) is 3. The molecule has 14 heavy (non-hydrogen) atoms. The quantitative estimate of drug-likeness (QED) is 0.743. The van der Waals surface area contributed by atoms with Crippen molar-refractivity contribution in [2.45, 2.75) is 26.2 Å². The number of carboxylic acid groups (broad SMARTS) is 1. The fraction of sp³-hybridized carbons (Fsp3) is 0.444. The molecule has 1 heterocycles. The van der Waals surface area contributed by atoms with Crippen LogP contribution in [0.2, 0.25) is 0 Å². The van der Waals surface area contributed by atoms with Gasteiger partial charge in [0.1, 0.15) is 5.82 Å². The van der Waals surface area contributed by atoms with Crippen molar-refractivity contribution < 1.29 is 9.90 Å². The Labute approximate surface area is 80.8 Å². The lowest BCUT2D eigenvalue weighted by Crippen LogP contribution is -2.13. The number of rotatable bonds is 3. The predicted octanol–water partition coefficient (Wildman–Crippen LogP) is 0.657. The monoisotopic (exact) mass is 196 g/mol. The minimum atomic E-state index is -0.891. The molecule has 0 aliphatic rings. The Balaban J connectivity index is 2.95. The van der Waals surface area contributed by atoms with Crippen LogP contribution in [0.25, 0.3) is 0 Å². The Morgan fingerprint density at radius 3 is 2.86 bits per heavy atom. The molecule has 1 atom stereocenters. The van der Waals surface area contributed by atoms with E-state index in [2.05, 4.69) is 9.97 Å². The van der Waals surface area contributed by atoms with E-state index in [9.17, 15) is 9.59 Å². The SMILES string of the molecule is Cc1nc(C(C)CC(=O)O)cc(=O)[nH]1. The molecule has 2 N–H and O–H groups in total. The largest absolute Gasteiger partial charge is 0.481 e. The standard InChI is InChI=1S/C9H12N2O3/c1-5(3-9(13)14)7-4-8(12)11-6(2)10-7/h4-5H,3H2,1-2H3,(H,13,14)(H,10,11,12). The van der Waals surface area contributed by atoms with Gasteiger partial charge in [-0.05, 0) is 6.92 Å². The van der Waals surface area contributed by atoms with Gasteiger partial charge in [0.25, 0.3) is 5.56 Å². The third-order valence-electron chi connectivity index (χ3n) is 1.87. The number of aryl methyl sites for hydroxylation is 1. The number of carbonyl (C=O) groups is 1. The second kappa shape index (κ2) is 4.04. The number of hydrogen-bond donors (Lipinski definition) is 2. The maximum absolute atomic E-state index is 11.1. The highest BCUT2D eigenvalue weighted by atomic mass is 16.4. The molecule has 0 radical (unpaired) electrons. The summed E-state index contributed by atoms with van der Waals surface area (Å²) in [5.74, 6) is -0.629. The van der Waals surface area contributed by atoms with Gasteiger partial charge in [0, 0.05) is 12.0 Å². The first-order chi connectivity index (χ1) is 6.49.